The van der Waals surface area contributed by atoms with E-state index in [0.29, 0.717) is 12.2 Å². The Labute approximate surface area is 187 Å². The second-order valence-electron chi connectivity index (χ2n) is 8.79. The number of nitrogens with one attached hydrogen (secondary N) is 2. The molecule has 1 fully saturated rings. The number of hydrogen-bond donors (Lipinski definition) is 2. The number of benzene rings is 2. The smallest absolute Gasteiger partial charge is 0.235 e. The van der Waals surface area contributed by atoms with Gasteiger partial charge in [0.25, 0.3) is 0 Å². The number of anilines is 3. The molecule has 7 heteroatoms. The van der Waals surface area contributed by atoms with Crippen molar-refractivity contribution in [2.24, 2.45) is 0 Å². The van der Waals surface area contributed by atoms with Gasteiger partial charge >= 0.3 is 0 Å². The highest BCUT2D eigenvalue weighted by atomic mass is 32.2. The minimum absolute atomic E-state index is 0.231. The molecule has 0 aromatic heterocycles. The highest BCUT2D eigenvalue weighted by Gasteiger charge is 2.24. The fraction of sp³-hybridized carbons (Fsp3) is 0.500. The van der Waals surface area contributed by atoms with E-state index in [-0.39, 0.29) is 12.2 Å². The number of ether oxygens (including phenoxy) is 1. The average Bonchev–Trinajstić information content (AvgIpc) is 2.69. The fourth-order valence-electron chi connectivity index (χ4n) is 3.89. The molecule has 2 aromatic carbocycles. The molecule has 0 radical (unpaired) electrons. The normalized spacial score (nSPS) is 19.5. The summed E-state index contributed by atoms with van der Waals surface area (Å²) in [5.74, 6) is 0. The molecule has 2 atom stereocenters. The van der Waals surface area contributed by atoms with Crippen LogP contribution in [0.15, 0.2) is 36.4 Å². The van der Waals surface area contributed by atoms with Gasteiger partial charge in [-0.1, -0.05) is 12.1 Å². The van der Waals surface area contributed by atoms with Crippen molar-refractivity contribution in [1.29, 1.82) is 0 Å². The maximum Gasteiger partial charge on any atom is 0.235 e. The number of morpholine rings is 1. The maximum atomic E-state index is 12.0. The predicted octanol–water partition coefficient (Wildman–Crippen LogP) is 4.68. The van der Waals surface area contributed by atoms with Gasteiger partial charge in [-0.3, -0.25) is 4.72 Å². The zero-order chi connectivity index (χ0) is 22.8. The number of rotatable bonds is 7. The van der Waals surface area contributed by atoms with Crippen LogP contribution in [-0.4, -0.2) is 39.0 Å². The third kappa shape index (κ3) is 5.71. The van der Waals surface area contributed by atoms with Gasteiger partial charge in [0.05, 0.1) is 17.5 Å². The van der Waals surface area contributed by atoms with E-state index < -0.39 is 15.3 Å². The monoisotopic (exact) mass is 445 g/mol. The van der Waals surface area contributed by atoms with Crippen molar-refractivity contribution < 1.29 is 13.2 Å². The highest BCUT2D eigenvalue weighted by molar-refractivity contribution is 7.93. The Morgan fingerprint density at radius 2 is 1.61 bits per heavy atom. The van der Waals surface area contributed by atoms with Crippen molar-refractivity contribution >= 4 is 27.1 Å². The van der Waals surface area contributed by atoms with E-state index in [1.54, 1.807) is 26.0 Å². The molecule has 3 rings (SSSR count). The Hall–Kier alpha value is -2.25. The van der Waals surface area contributed by atoms with Gasteiger partial charge in [-0.05, 0) is 82.5 Å². The molecule has 2 aromatic rings. The molecule has 0 amide bonds. The SMILES string of the molecule is Cc1c(NCc2ccc(NS(=O)(=O)C(C)C)cc2)ccc(N2CC(C)O[C@H](C)C2)c1C. The summed E-state index contributed by atoms with van der Waals surface area (Å²) in [4.78, 5) is 2.42. The van der Waals surface area contributed by atoms with E-state index in [0.717, 1.165) is 24.3 Å². The third-order valence-corrected chi connectivity index (χ3v) is 7.60. The predicted molar refractivity (Wildman–Crippen MR) is 130 cm³/mol. The summed E-state index contributed by atoms with van der Waals surface area (Å²) in [7, 11) is -3.33. The lowest BCUT2D eigenvalue weighted by atomic mass is 10.0. The van der Waals surface area contributed by atoms with E-state index in [9.17, 15) is 8.42 Å². The second kappa shape index (κ2) is 9.49. The van der Waals surface area contributed by atoms with Crippen molar-refractivity contribution in [2.75, 3.05) is 28.0 Å². The van der Waals surface area contributed by atoms with Crippen molar-refractivity contribution in [3.8, 4) is 0 Å². The van der Waals surface area contributed by atoms with Crippen LogP contribution in [0, 0.1) is 13.8 Å². The van der Waals surface area contributed by atoms with E-state index in [4.69, 9.17) is 4.74 Å². The molecule has 170 valence electrons. The fourth-order valence-corrected chi connectivity index (χ4v) is 4.59. The Kier molecular flexibility index (Phi) is 7.17. The minimum Gasteiger partial charge on any atom is -0.381 e. The average molecular weight is 446 g/mol. The Morgan fingerprint density at radius 3 is 2.19 bits per heavy atom. The number of nitrogens with zero attached hydrogens (tertiary/aromatic N) is 1. The molecule has 2 N–H and O–H groups in total. The van der Waals surface area contributed by atoms with Crippen LogP contribution >= 0.6 is 0 Å². The van der Waals surface area contributed by atoms with Crippen LogP contribution in [0.25, 0.3) is 0 Å². The lowest BCUT2D eigenvalue weighted by molar-refractivity contribution is -0.00524. The molecule has 1 heterocycles. The van der Waals surface area contributed by atoms with Crippen LogP contribution in [0.2, 0.25) is 0 Å². The van der Waals surface area contributed by atoms with Crippen molar-refractivity contribution in [3.05, 3.63) is 53.1 Å². The standard InChI is InChI=1S/C24H35N3O3S/c1-16(2)31(28,29)26-22-9-7-21(8-10-22)13-25-23-11-12-24(20(6)19(23)5)27-14-17(3)30-18(4)15-27/h7-12,16-18,25-26H,13-15H2,1-6H3/t17-,18?/m1/s1. The maximum absolute atomic E-state index is 12.0. The molecule has 1 unspecified atom stereocenters. The molecule has 1 saturated heterocycles. The summed E-state index contributed by atoms with van der Waals surface area (Å²) in [5.41, 5.74) is 6.58. The zero-order valence-electron chi connectivity index (χ0n) is 19.4. The highest BCUT2D eigenvalue weighted by Crippen LogP contribution is 2.31. The van der Waals surface area contributed by atoms with Gasteiger partial charge in [0.15, 0.2) is 0 Å². The molecular weight excluding hydrogens is 410 g/mol. The van der Waals surface area contributed by atoms with Crippen molar-refractivity contribution in [3.63, 3.8) is 0 Å². The molecule has 31 heavy (non-hydrogen) atoms. The van der Waals surface area contributed by atoms with Crippen molar-refractivity contribution in [1.82, 2.24) is 0 Å². The van der Waals surface area contributed by atoms with Crippen LogP contribution < -0.4 is 14.9 Å². The van der Waals surface area contributed by atoms with Gasteiger partial charge in [-0.15, -0.1) is 0 Å². The molecule has 1 aliphatic rings. The molecule has 1 aliphatic heterocycles. The van der Waals surface area contributed by atoms with Gasteiger partial charge in [0.2, 0.25) is 10.0 Å². The number of sulfonamides is 1. The topological polar surface area (TPSA) is 70.7 Å². The first kappa shape index (κ1) is 23.4. The van der Waals surface area contributed by atoms with Gasteiger partial charge in [0, 0.05) is 36.7 Å². The number of hydrogen-bond acceptors (Lipinski definition) is 5. The summed E-state index contributed by atoms with van der Waals surface area (Å²) in [5, 5.41) is 3.06. The lowest BCUT2D eigenvalue weighted by Crippen LogP contribution is -2.45. The third-order valence-electron chi connectivity index (χ3n) is 5.84. The Morgan fingerprint density at radius 1 is 1.00 bits per heavy atom. The first-order chi connectivity index (χ1) is 14.6. The Balaban J connectivity index is 1.66. The van der Waals surface area contributed by atoms with E-state index >= 15 is 0 Å². The van der Waals surface area contributed by atoms with Gasteiger partial charge < -0.3 is 15.0 Å². The summed E-state index contributed by atoms with van der Waals surface area (Å²) in [6.07, 6.45) is 0.462. The summed E-state index contributed by atoms with van der Waals surface area (Å²) < 4.78 is 32.5. The summed E-state index contributed by atoms with van der Waals surface area (Å²) in [6, 6.07) is 11.8. The molecule has 0 saturated carbocycles. The van der Waals surface area contributed by atoms with E-state index in [1.165, 1.54) is 16.8 Å². The van der Waals surface area contributed by atoms with Crippen LogP contribution in [0.5, 0.6) is 0 Å². The lowest BCUT2D eigenvalue weighted by Gasteiger charge is -2.38. The molecule has 0 bridgehead atoms. The van der Waals surface area contributed by atoms with Gasteiger partial charge in [-0.2, -0.15) is 0 Å². The molecule has 0 spiro atoms. The molecule has 6 nitrogen and oxygen atoms in total. The van der Waals surface area contributed by atoms with E-state index in [1.807, 2.05) is 12.1 Å². The zero-order valence-corrected chi connectivity index (χ0v) is 20.2. The second-order valence-corrected chi connectivity index (χ2v) is 11.0. The first-order valence-electron chi connectivity index (χ1n) is 10.9. The van der Waals surface area contributed by atoms with Gasteiger partial charge in [-0.25, -0.2) is 8.42 Å². The van der Waals surface area contributed by atoms with Gasteiger partial charge in [0.1, 0.15) is 0 Å². The van der Waals surface area contributed by atoms with Crippen LogP contribution in [0.4, 0.5) is 17.1 Å². The molecular formula is C24H35N3O3S. The Bertz CT molecular complexity index is 993. The molecule has 0 aliphatic carbocycles. The van der Waals surface area contributed by atoms with Crippen molar-refractivity contribution in [2.45, 2.75) is 65.5 Å². The van der Waals surface area contributed by atoms with E-state index in [2.05, 4.69) is 54.8 Å². The minimum atomic E-state index is -3.33. The summed E-state index contributed by atoms with van der Waals surface area (Å²) in [6.45, 7) is 14.4. The largest absolute Gasteiger partial charge is 0.381 e. The van der Waals surface area contributed by atoms with Crippen LogP contribution in [-0.2, 0) is 21.3 Å². The summed E-state index contributed by atoms with van der Waals surface area (Å²) >= 11 is 0. The quantitative estimate of drug-likeness (QED) is 0.648. The van der Waals surface area contributed by atoms with Crippen LogP contribution in [0.1, 0.15) is 44.4 Å². The van der Waals surface area contributed by atoms with Crippen LogP contribution in [0.3, 0.4) is 0 Å². The first-order valence-corrected chi connectivity index (χ1v) is 12.5.